The molecule has 12 heteroatoms. The van der Waals surface area contributed by atoms with Gasteiger partial charge < -0.3 is 28.3 Å². The smallest absolute Gasteiger partial charge is 0.790 e. The minimum absolute atomic E-state index is 0. The zero-order valence-electron chi connectivity index (χ0n) is 24.4. The molecule has 0 bridgehead atoms. The van der Waals surface area contributed by atoms with E-state index in [2.05, 4.69) is 58.8 Å². The summed E-state index contributed by atoms with van der Waals surface area (Å²) in [7, 11) is -5.29. The number of hydrogen-bond acceptors (Lipinski definition) is 8. The van der Waals surface area contributed by atoms with Crippen LogP contribution in [0.1, 0.15) is 107 Å². The number of rotatable bonds is 19. The summed E-state index contributed by atoms with van der Waals surface area (Å²) in [5, 5.41) is 0. The van der Waals surface area contributed by atoms with Gasteiger partial charge in [-0.15, -0.1) is 0 Å². The van der Waals surface area contributed by atoms with Gasteiger partial charge in [-0.2, -0.15) is 13.5 Å². The van der Waals surface area contributed by atoms with Crippen LogP contribution in [0.2, 0.25) is 0 Å². The molecule has 226 valence electrons. The summed E-state index contributed by atoms with van der Waals surface area (Å²) in [6, 6.07) is 0. The Morgan fingerprint density at radius 3 is 1.75 bits per heavy atom. The third kappa shape index (κ3) is 35.7. The Kier molecular flexibility index (Phi) is 38.6. The maximum Gasteiger partial charge on any atom is 1.00 e. The van der Waals surface area contributed by atoms with Crippen molar-refractivity contribution in [3.05, 3.63) is 0 Å². The first-order valence-electron chi connectivity index (χ1n) is 12.7. The number of hydrogen-bond donors (Lipinski definition) is 0. The molecule has 0 aliphatic carbocycles. The van der Waals surface area contributed by atoms with Crippen LogP contribution in [0.4, 0.5) is 0 Å². The van der Waals surface area contributed by atoms with E-state index in [-0.39, 0.29) is 89.0 Å². The molecule has 0 aliphatic rings. The molecule has 0 radical (unpaired) electrons. The summed E-state index contributed by atoms with van der Waals surface area (Å²) in [4.78, 5) is 45.3. The van der Waals surface area contributed by atoms with Crippen LogP contribution in [-0.2, 0) is 28.2 Å². The molecule has 0 unspecified atom stereocenters. The largest absolute Gasteiger partial charge is 1.00 e. The SMILES string of the molecule is CC#CC#CC#CC#CC(=O)OC[C@@H](COP(=O)([O-])[O-])OC(=O)CCCCCCCCCCCCCC.S.[HH].[HH].[HH].[HH].[HH].[HH].[HH].[Na+].[Na+]. The van der Waals surface area contributed by atoms with Crippen LogP contribution in [0.5, 0.6) is 0 Å². The van der Waals surface area contributed by atoms with Crippen molar-refractivity contribution in [3.8, 4) is 47.4 Å². The predicted octanol–water partition coefficient (Wildman–Crippen LogP) is -0.746. The number of carbonyl (C=O) groups is 2. The number of ether oxygens (including phenoxy) is 2. The Morgan fingerprint density at radius 1 is 0.775 bits per heavy atom. The fourth-order valence-electron chi connectivity index (χ4n) is 3.12. The van der Waals surface area contributed by atoms with Crippen molar-refractivity contribution >= 4 is 33.3 Å². The van der Waals surface area contributed by atoms with Gasteiger partial charge in [0, 0.05) is 22.3 Å². The van der Waals surface area contributed by atoms with Crippen LogP contribution in [-0.4, -0.2) is 31.3 Å². The third-order valence-corrected chi connectivity index (χ3v) is 5.42. The molecule has 0 saturated carbocycles. The molecule has 0 aliphatic heterocycles. The van der Waals surface area contributed by atoms with Crippen LogP contribution < -0.4 is 68.9 Å². The van der Waals surface area contributed by atoms with E-state index in [1.165, 1.54) is 51.4 Å². The van der Waals surface area contributed by atoms with Gasteiger partial charge in [0.05, 0.1) is 14.4 Å². The standard InChI is InChI=1S/C28H39O8P.2Na.H2S.7H2/c1-3-5-7-9-11-12-13-14-15-17-19-21-23-28(30)36-26(25-35-37(31,32)33)24-34-27(29)22-20-18-16-10-8-6-4-2;;;;;;;;;;/h26H,3,5,7,9,11-15,17,19,21,23-25H2,1-2H3,(H2,31,32,33);;;1H2;7*1H/q;2*+1;;;;;;;;/p-2/t26-;;;;;;;;;;/m0........../s1. The average molecular weight is 627 g/mol. The Hall–Kier alpha value is -0.360. The van der Waals surface area contributed by atoms with Crippen molar-refractivity contribution in [1.29, 1.82) is 0 Å². The molecule has 0 saturated heterocycles. The van der Waals surface area contributed by atoms with Crippen LogP contribution in [0.15, 0.2) is 0 Å². The Bertz CT molecular complexity index is 1000. The first-order chi connectivity index (χ1) is 17.8. The maximum absolute atomic E-state index is 12.1. The van der Waals surface area contributed by atoms with Gasteiger partial charge in [-0.25, -0.2) is 4.79 Å². The van der Waals surface area contributed by atoms with Gasteiger partial charge in [0.1, 0.15) is 6.61 Å². The normalized spacial score (nSPS) is 9.90. The summed E-state index contributed by atoms with van der Waals surface area (Å²) < 4.78 is 24.9. The number of phosphoric ester groups is 1. The summed E-state index contributed by atoms with van der Waals surface area (Å²) in [6.45, 7) is 2.55. The molecule has 0 amide bonds. The van der Waals surface area contributed by atoms with E-state index in [9.17, 15) is 23.9 Å². The van der Waals surface area contributed by atoms with E-state index in [1.807, 2.05) is 0 Å². The van der Waals surface area contributed by atoms with Gasteiger partial charge in [-0.1, -0.05) is 83.5 Å². The zero-order valence-corrected chi connectivity index (χ0v) is 30.3. The summed E-state index contributed by atoms with van der Waals surface area (Å²) >= 11 is 0. The second kappa shape index (κ2) is 33.1. The summed E-state index contributed by atoms with van der Waals surface area (Å²) in [5.41, 5.74) is 0. The van der Waals surface area contributed by atoms with Crippen LogP contribution in [0, 0.1) is 47.4 Å². The molecular formula is C28H53Na2O8PS. The Balaban J connectivity index is -0.000000144. The number of phosphoric acid groups is 1. The molecule has 0 N–H and O–H groups in total. The van der Waals surface area contributed by atoms with Crippen molar-refractivity contribution in [1.82, 2.24) is 0 Å². The first-order valence-corrected chi connectivity index (χ1v) is 14.2. The molecule has 0 aromatic carbocycles. The molecule has 0 fully saturated rings. The molecule has 1 atom stereocenters. The molecule has 0 aromatic rings. The minimum Gasteiger partial charge on any atom is -0.790 e. The predicted molar refractivity (Wildman–Crippen MR) is 162 cm³/mol. The average Bonchev–Trinajstić information content (AvgIpc) is 2.85. The van der Waals surface area contributed by atoms with Gasteiger partial charge in [-0.3, -0.25) is 4.79 Å². The van der Waals surface area contributed by atoms with Gasteiger partial charge in [0.15, 0.2) is 6.10 Å². The van der Waals surface area contributed by atoms with Crippen molar-refractivity contribution < 1.29 is 107 Å². The van der Waals surface area contributed by atoms with Crippen LogP contribution in [0.3, 0.4) is 0 Å². The Morgan fingerprint density at radius 2 is 1.25 bits per heavy atom. The van der Waals surface area contributed by atoms with Gasteiger partial charge in [0.2, 0.25) is 0 Å². The van der Waals surface area contributed by atoms with Gasteiger partial charge in [0.25, 0.3) is 0 Å². The fraction of sp³-hybridized carbons (Fsp3) is 0.643. The van der Waals surface area contributed by atoms with E-state index in [0.717, 1.165) is 19.3 Å². The quantitative estimate of drug-likeness (QED) is 0.0459. The van der Waals surface area contributed by atoms with E-state index < -0.39 is 39.1 Å². The number of esters is 2. The third-order valence-electron chi connectivity index (χ3n) is 4.95. The number of carbonyl (C=O) groups excluding carboxylic acids is 2. The van der Waals surface area contributed by atoms with E-state index in [1.54, 1.807) is 6.92 Å². The van der Waals surface area contributed by atoms with Crippen molar-refractivity contribution in [3.63, 3.8) is 0 Å². The monoisotopic (exact) mass is 626 g/mol. The molecule has 0 heterocycles. The molecule has 8 nitrogen and oxygen atoms in total. The van der Waals surface area contributed by atoms with Gasteiger partial charge >= 0.3 is 71.1 Å². The second-order valence-corrected chi connectivity index (χ2v) is 9.37. The molecule has 0 rings (SSSR count). The second-order valence-electron chi connectivity index (χ2n) is 8.22. The van der Waals surface area contributed by atoms with E-state index in [0.29, 0.717) is 6.42 Å². The number of unbranched alkanes of at least 4 members (excludes halogenated alkanes) is 11. The van der Waals surface area contributed by atoms with Crippen LogP contribution >= 0.6 is 21.3 Å². The molecule has 0 aromatic heterocycles. The molecule has 0 spiro atoms. The van der Waals surface area contributed by atoms with Gasteiger partial charge in [-0.05, 0) is 48.9 Å². The summed E-state index contributed by atoms with van der Waals surface area (Å²) in [5.74, 6) is 17.3. The van der Waals surface area contributed by atoms with E-state index >= 15 is 0 Å². The van der Waals surface area contributed by atoms with E-state index in [4.69, 9.17) is 9.47 Å². The molecular weight excluding hydrogens is 573 g/mol. The van der Waals surface area contributed by atoms with Crippen LogP contribution in [0.25, 0.3) is 0 Å². The topological polar surface area (TPSA) is 125 Å². The van der Waals surface area contributed by atoms with Crippen molar-refractivity contribution in [2.24, 2.45) is 0 Å². The summed E-state index contributed by atoms with van der Waals surface area (Å²) in [6.07, 6.45) is 12.7. The van der Waals surface area contributed by atoms with Crippen molar-refractivity contribution in [2.75, 3.05) is 13.2 Å². The fourth-order valence-corrected chi connectivity index (χ4v) is 3.47. The zero-order chi connectivity index (χ0) is 27.6. The molecule has 40 heavy (non-hydrogen) atoms. The Labute approximate surface area is 302 Å². The maximum atomic E-state index is 12.1. The minimum atomic E-state index is -5.29. The van der Waals surface area contributed by atoms with Crippen molar-refractivity contribution in [2.45, 2.75) is 103 Å². The first kappa shape index (κ1) is 46.6.